The third-order valence-electron chi connectivity index (χ3n) is 2.16. The van der Waals surface area contributed by atoms with Crippen LogP contribution >= 0.6 is 0 Å². The van der Waals surface area contributed by atoms with E-state index in [4.69, 9.17) is 14.2 Å². The zero-order chi connectivity index (χ0) is 11.4. The molecule has 1 rings (SSSR count). The molecule has 0 aliphatic carbocycles. The van der Waals surface area contributed by atoms with Crippen LogP contribution in [-0.4, -0.2) is 36.9 Å². The first-order valence-electron chi connectivity index (χ1n) is 4.95. The van der Waals surface area contributed by atoms with E-state index in [1.165, 1.54) is 13.8 Å². The van der Waals surface area contributed by atoms with Gasteiger partial charge in [0.25, 0.3) is 0 Å². The smallest absolute Gasteiger partial charge is 0.303 e. The maximum absolute atomic E-state index is 10.8. The summed E-state index contributed by atoms with van der Waals surface area (Å²) in [5, 5.41) is 0. The lowest BCUT2D eigenvalue weighted by molar-refractivity contribution is -0.185. The Kier molecular flexibility index (Phi) is 4.08. The van der Waals surface area contributed by atoms with Gasteiger partial charge in [0.1, 0.15) is 6.10 Å². The molecule has 1 aliphatic rings. The van der Waals surface area contributed by atoms with Gasteiger partial charge in [0.05, 0.1) is 12.7 Å². The van der Waals surface area contributed by atoms with Crippen molar-refractivity contribution in [2.75, 3.05) is 6.61 Å². The fourth-order valence-corrected chi connectivity index (χ4v) is 1.57. The molecule has 3 unspecified atom stereocenters. The van der Waals surface area contributed by atoms with Crippen LogP contribution < -0.4 is 0 Å². The molecule has 0 aromatic heterocycles. The highest BCUT2D eigenvalue weighted by Crippen LogP contribution is 2.20. The summed E-state index contributed by atoms with van der Waals surface area (Å²) in [4.78, 5) is 21.7. The van der Waals surface area contributed by atoms with Gasteiger partial charge >= 0.3 is 11.9 Å². The molecule has 0 radical (unpaired) electrons. The van der Waals surface area contributed by atoms with Crippen LogP contribution in [0.25, 0.3) is 0 Å². The van der Waals surface area contributed by atoms with Crippen molar-refractivity contribution in [2.24, 2.45) is 0 Å². The van der Waals surface area contributed by atoms with Gasteiger partial charge in [0, 0.05) is 20.3 Å². The molecule has 1 heterocycles. The van der Waals surface area contributed by atoms with Gasteiger partial charge in [-0.15, -0.1) is 0 Å². The second-order valence-electron chi connectivity index (χ2n) is 3.68. The van der Waals surface area contributed by atoms with Crippen LogP contribution in [0, 0.1) is 0 Å². The van der Waals surface area contributed by atoms with Gasteiger partial charge in [-0.05, 0) is 6.92 Å². The molecule has 1 fully saturated rings. The summed E-state index contributed by atoms with van der Waals surface area (Å²) in [6.07, 6.45) is -0.309. The van der Waals surface area contributed by atoms with Gasteiger partial charge in [-0.1, -0.05) is 0 Å². The summed E-state index contributed by atoms with van der Waals surface area (Å²) in [5.41, 5.74) is 0. The lowest BCUT2D eigenvalue weighted by Crippen LogP contribution is -2.45. The molecule has 1 aliphatic heterocycles. The highest BCUT2D eigenvalue weighted by Gasteiger charge is 2.33. The van der Waals surface area contributed by atoms with Crippen molar-refractivity contribution in [1.82, 2.24) is 0 Å². The first-order valence-corrected chi connectivity index (χ1v) is 4.95. The van der Waals surface area contributed by atoms with Crippen LogP contribution in [0.4, 0.5) is 0 Å². The molecular weight excluding hydrogens is 200 g/mol. The molecule has 3 atom stereocenters. The van der Waals surface area contributed by atoms with Crippen molar-refractivity contribution < 1.29 is 23.8 Å². The minimum absolute atomic E-state index is 0.0150. The number of rotatable bonds is 2. The van der Waals surface area contributed by atoms with Gasteiger partial charge in [0.15, 0.2) is 6.10 Å². The summed E-state index contributed by atoms with van der Waals surface area (Å²) in [6.45, 7) is 4.83. The maximum atomic E-state index is 10.8. The van der Waals surface area contributed by atoms with E-state index in [1.807, 2.05) is 6.92 Å². The van der Waals surface area contributed by atoms with Crippen LogP contribution in [0.15, 0.2) is 0 Å². The Balaban J connectivity index is 2.57. The Morgan fingerprint density at radius 2 is 1.67 bits per heavy atom. The zero-order valence-electron chi connectivity index (χ0n) is 9.19. The van der Waals surface area contributed by atoms with Crippen LogP contribution in [0.3, 0.4) is 0 Å². The summed E-state index contributed by atoms with van der Waals surface area (Å²) < 4.78 is 15.4. The van der Waals surface area contributed by atoms with E-state index in [0.29, 0.717) is 6.42 Å². The molecule has 0 amide bonds. The summed E-state index contributed by atoms with van der Waals surface area (Å²) >= 11 is 0. The molecule has 0 aromatic rings. The third kappa shape index (κ3) is 3.87. The Bertz CT molecular complexity index is 250. The van der Waals surface area contributed by atoms with Crippen molar-refractivity contribution in [2.45, 2.75) is 45.5 Å². The van der Waals surface area contributed by atoms with Gasteiger partial charge in [-0.3, -0.25) is 9.59 Å². The highest BCUT2D eigenvalue weighted by atomic mass is 16.6. The van der Waals surface area contributed by atoms with Crippen LogP contribution in [0.5, 0.6) is 0 Å². The van der Waals surface area contributed by atoms with E-state index in [9.17, 15) is 9.59 Å². The van der Waals surface area contributed by atoms with Crippen LogP contribution in [-0.2, 0) is 23.8 Å². The quantitative estimate of drug-likeness (QED) is 0.634. The molecule has 0 N–H and O–H groups in total. The summed E-state index contributed by atoms with van der Waals surface area (Å²) in [5.74, 6) is -0.762. The highest BCUT2D eigenvalue weighted by molar-refractivity contribution is 5.67. The molecule has 5 nitrogen and oxygen atoms in total. The molecule has 0 bridgehead atoms. The van der Waals surface area contributed by atoms with E-state index in [1.54, 1.807) is 0 Å². The maximum Gasteiger partial charge on any atom is 0.303 e. The van der Waals surface area contributed by atoms with Crippen molar-refractivity contribution in [3.8, 4) is 0 Å². The van der Waals surface area contributed by atoms with Gasteiger partial charge in [-0.2, -0.15) is 0 Å². The zero-order valence-corrected chi connectivity index (χ0v) is 9.19. The minimum Gasteiger partial charge on any atom is -0.458 e. The molecule has 5 heteroatoms. The average Bonchev–Trinajstić information content (AvgIpc) is 2.08. The lowest BCUT2D eigenvalue weighted by atomic mass is 10.0. The Labute approximate surface area is 88.7 Å². The number of esters is 2. The molecule has 1 saturated heterocycles. The first kappa shape index (κ1) is 12.0. The second kappa shape index (κ2) is 5.11. The van der Waals surface area contributed by atoms with Crippen molar-refractivity contribution in [3.05, 3.63) is 0 Å². The van der Waals surface area contributed by atoms with Gasteiger partial charge in [-0.25, -0.2) is 0 Å². The lowest BCUT2D eigenvalue weighted by Gasteiger charge is -2.33. The first-order chi connectivity index (χ1) is 6.99. The number of carbonyl (C=O) groups is 2. The monoisotopic (exact) mass is 216 g/mol. The number of hydrogen-bond acceptors (Lipinski definition) is 5. The fraction of sp³-hybridized carbons (Fsp3) is 0.800. The SMILES string of the molecule is CC(=O)OC1COC(C)CC1OC(C)=O. The minimum atomic E-state index is -0.484. The molecular formula is C10H16O5. The molecule has 0 spiro atoms. The number of hydrogen-bond donors (Lipinski definition) is 0. The predicted molar refractivity (Wildman–Crippen MR) is 51.1 cm³/mol. The number of ether oxygens (including phenoxy) is 3. The standard InChI is InChI=1S/C10H16O5/c1-6-4-9(14-7(2)11)10(5-13-6)15-8(3)12/h6,9-10H,4-5H2,1-3H3. The van der Waals surface area contributed by atoms with Crippen molar-refractivity contribution >= 4 is 11.9 Å². The van der Waals surface area contributed by atoms with Crippen LogP contribution in [0.2, 0.25) is 0 Å². The fourth-order valence-electron chi connectivity index (χ4n) is 1.57. The van der Waals surface area contributed by atoms with E-state index in [2.05, 4.69) is 0 Å². The summed E-state index contributed by atoms with van der Waals surface area (Å²) in [7, 11) is 0. The topological polar surface area (TPSA) is 61.8 Å². The number of carbonyl (C=O) groups excluding carboxylic acids is 2. The Morgan fingerprint density at radius 3 is 2.20 bits per heavy atom. The summed E-state index contributed by atoms with van der Waals surface area (Å²) in [6, 6.07) is 0. The molecule has 0 saturated carbocycles. The van der Waals surface area contributed by atoms with E-state index >= 15 is 0 Å². The van der Waals surface area contributed by atoms with Crippen molar-refractivity contribution in [1.29, 1.82) is 0 Å². The van der Waals surface area contributed by atoms with Gasteiger partial charge < -0.3 is 14.2 Å². The average molecular weight is 216 g/mol. The third-order valence-corrected chi connectivity index (χ3v) is 2.16. The van der Waals surface area contributed by atoms with Gasteiger partial charge in [0.2, 0.25) is 0 Å². The Morgan fingerprint density at radius 1 is 1.13 bits per heavy atom. The van der Waals surface area contributed by atoms with E-state index in [0.717, 1.165) is 0 Å². The predicted octanol–water partition coefficient (Wildman–Crippen LogP) is 0.659. The largest absolute Gasteiger partial charge is 0.458 e. The van der Waals surface area contributed by atoms with E-state index in [-0.39, 0.29) is 18.7 Å². The van der Waals surface area contributed by atoms with E-state index < -0.39 is 18.2 Å². The normalized spacial score (nSPS) is 30.7. The van der Waals surface area contributed by atoms with Crippen molar-refractivity contribution in [3.63, 3.8) is 0 Å². The molecule has 0 aromatic carbocycles. The molecule has 15 heavy (non-hydrogen) atoms. The Hall–Kier alpha value is -1.10. The second-order valence-corrected chi connectivity index (χ2v) is 3.68. The molecule has 86 valence electrons. The van der Waals surface area contributed by atoms with Crippen LogP contribution in [0.1, 0.15) is 27.2 Å².